The zero-order valence-corrected chi connectivity index (χ0v) is 14.2. The molecule has 2 aromatic rings. The van der Waals surface area contributed by atoms with Crippen molar-refractivity contribution in [2.75, 3.05) is 4.90 Å². The second-order valence-electron chi connectivity index (χ2n) is 6.10. The largest absolute Gasteiger partial charge is 0.467 e. The molecule has 2 heterocycles. The summed E-state index contributed by atoms with van der Waals surface area (Å²) < 4.78 is 33.8. The summed E-state index contributed by atoms with van der Waals surface area (Å²) in [6, 6.07) is 8.34. The third-order valence-corrected chi connectivity index (χ3v) is 4.89. The van der Waals surface area contributed by atoms with E-state index >= 15 is 0 Å². The van der Waals surface area contributed by atoms with Crippen molar-refractivity contribution in [2.45, 2.75) is 25.1 Å². The van der Waals surface area contributed by atoms with Gasteiger partial charge in [-0.25, -0.2) is 13.6 Å². The number of hydrogen-bond donors (Lipinski definition) is 1. The van der Waals surface area contributed by atoms with Crippen LogP contribution in [0.3, 0.4) is 0 Å². The number of halogens is 3. The van der Waals surface area contributed by atoms with Gasteiger partial charge in [0.25, 0.3) is 0 Å². The Labute approximate surface area is 145 Å². The highest BCUT2D eigenvalue weighted by atomic mass is 79.9. The number of fused-ring (bicyclic) bond motifs is 4. The summed E-state index contributed by atoms with van der Waals surface area (Å²) in [4.78, 5) is 13.9. The quantitative estimate of drug-likeness (QED) is 0.773. The SMILES string of the molecule is C[C@]12C[C@@H](NC(=O)N1c1ccc(F)c(F)c1)c1cc(Br)ccc1O2. The number of hydrogen-bond acceptors (Lipinski definition) is 2. The number of carbonyl (C=O) groups excluding carboxylic acids is 1. The van der Waals surface area contributed by atoms with Crippen molar-refractivity contribution < 1.29 is 18.3 Å². The zero-order valence-electron chi connectivity index (χ0n) is 12.6. The number of rotatable bonds is 1. The monoisotopic (exact) mass is 394 g/mol. The van der Waals surface area contributed by atoms with E-state index in [1.165, 1.54) is 11.0 Å². The number of urea groups is 1. The lowest BCUT2D eigenvalue weighted by Gasteiger charge is -2.50. The maximum atomic E-state index is 13.6. The van der Waals surface area contributed by atoms with E-state index in [0.717, 1.165) is 22.2 Å². The molecular weight excluding hydrogens is 382 g/mol. The molecule has 0 aromatic heterocycles. The van der Waals surface area contributed by atoms with Gasteiger partial charge in [0.2, 0.25) is 0 Å². The molecule has 2 atom stereocenters. The molecule has 0 spiro atoms. The summed E-state index contributed by atoms with van der Waals surface area (Å²) >= 11 is 3.42. The van der Waals surface area contributed by atoms with Gasteiger partial charge in [-0.3, -0.25) is 4.90 Å². The Hall–Kier alpha value is -2.15. The predicted molar refractivity (Wildman–Crippen MR) is 87.9 cm³/mol. The van der Waals surface area contributed by atoms with Gasteiger partial charge in [0.05, 0.1) is 11.7 Å². The molecule has 124 valence electrons. The molecule has 2 aliphatic rings. The minimum Gasteiger partial charge on any atom is -0.467 e. The van der Waals surface area contributed by atoms with Gasteiger partial charge >= 0.3 is 6.03 Å². The van der Waals surface area contributed by atoms with Crippen LogP contribution in [0, 0.1) is 11.6 Å². The molecular formula is C17H13BrF2N2O2. The minimum atomic E-state index is -1.01. The van der Waals surface area contributed by atoms with Crippen LogP contribution >= 0.6 is 15.9 Å². The molecule has 0 aliphatic carbocycles. The van der Waals surface area contributed by atoms with Crippen LogP contribution in [0.15, 0.2) is 40.9 Å². The summed E-state index contributed by atoms with van der Waals surface area (Å²) in [5, 5.41) is 2.91. The highest BCUT2D eigenvalue weighted by Gasteiger charge is 2.50. The lowest BCUT2D eigenvalue weighted by molar-refractivity contribution is 0.0378. The first kappa shape index (κ1) is 15.4. The molecule has 0 unspecified atom stereocenters. The average molecular weight is 395 g/mol. The van der Waals surface area contributed by atoms with Crippen molar-refractivity contribution in [2.24, 2.45) is 0 Å². The third-order valence-electron chi connectivity index (χ3n) is 4.40. The standard InChI is InChI=1S/C17H13BrF2N2O2/c1-17-8-14(11-6-9(18)2-5-15(11)24-17)21-16(23)22(17)10-3-4-12(19)13(20)7-10/h2-7,14H,8H2,1H3,(H,21,23)/t14-,17+/m1/s1. The lowest BCUT2D eigenvalue weighted by Crippen LogP contribution is -2.65. The van der Waals surface area contributed by atoms with E-state index in [2.05, 4.69) is 21.2 Å². The normalized spacial score (nSPS) is 24.9. The molecule has 2 aromatic carbocycles. The Morgan fingerprint density at radius 2 is 2.04 bits per heavy atom. The highest BCUT2D eigenvalue weighted by molar-refractivity contribution is 9.10. The van der Waals surface area contributed by atoms with Crippen LogP contribution in [0.4, 0.5) is 19.3 Å². The van der Waals surface area contributed by atoms with E-state index in [4.69, 9.17) is 4.74 Å². The van der Waals surface area contributed by atoms with Gasteiger partial charge < -0.3 is 10.1 Å². The minimum absolute atomic E-state index is 0.203. The molecule has 4 rings (SSSR count). The number of ether oxygens (including phenoxy) is 1. The number of nitrogens with one attached hydrogen (secondary N) is 1. The van der Waals surface area contributed by atoms with Gasteiger partial charge in [0.1, 0.15) is 5.75 Å². The van der Waals surface area contributed by atoms with E-state index in [9.17, 15) is 13.6 Å². The summed E-state index contributed by atoms with van der Waals surface area (Å²) in [6.07, 6.45) is 0.487. The second kappa shape index (κ2) is 5.17. The number of anilines is 1. The van der Waals surface area contributed by atoms with Crippen LogP contribution in [0.25, 0.3) is 0 Å². The van der Waals surface area contributed by atoms with Crippen molar-refractivity contribution in [3.63, 3.8) is 0 Å². The molecule has 4 nitrogen and oxygen atoms in total. The average Bonchev–Trinajstić information content (AvgIpc) is 2.51. The number of nitrogens with zero attached hydrogens (tertiary/aromatic N) is 1. The predicted octanol–water partition coefficient (Wildman–Crippen LogP) is 4.50. The first-order chi connectivity index (χ1) is 11.4. The van der Waals surface area contributed by atoms with Crippen LogP contribution in [0.5, 0.6) is 5.75 Å². The molecule has 0 saturated carbocycles. The summed E-state index contributed by atoms with van der Waals surface area (Å²) in [7, 11) is 0. The van der Waals surface area contributed by atoms with Gasteiger partial charge in [0.15, 0.2) is 17.4 Å². The Morgan fingerprint density at radius 3 is 2.79 bits per heavy atom. The van der Waals surface area contributed by atoms with Crippen molar-refractivity contribution in [1.29, 1.82) is 0 Å². The van der Waals surface area contributed by atoms with Crippen LogP contribution in [-0.2, 0) is 0 Å². The highest BCUT2D eigenvalue weighted by Crippen LogP contribution is 2.46. The Balaban J connectivity index is 1.80. The van der Waals surface area contributed by atoms with E-state index in [1.54, 1.807) is 6.92 Å². The van der Waals surface area contributed by atoms with Gasteiger partial charge in [-0.05, 0) is 37.3 Å². The Morgan fingerprint density at radius 1 is 1.25 bits per heavy atom. The maximum absolute atomic E-state index is 13.6. The van der Waals surface area contributed by atoms with Gasteiger partial charge in [-0.2, -0.15) is 0 Å². The van der Waals surface area contributed by atoms with Crippen molar-refractivity contribution in [1.82, 2.24) is 5.32 Å². The van der Waals surface area contributed by atoms with Crippen LogP contribution < -0.4 is 15.0 Å². The first-order valence-corrected chi connectivity index (χ1v) is 8.21. The number of carbonyl (C=O) groups is 1. The summed E-state index contributed by atoms with van der Waals surface area (Å²) in [5.74, 6) is -1.31. The molecule has 2 bridgehead atoms. The fraction of sp³-hybridized carbons (Fsp3) is 0.235. The van der Waals surface area contributed by atoms with Crippen LogP contribution in [0.1, 0.15) is 24.9 Å². The summed E-state index contributed by atoms with van der Waals surface area (Å²) in [5.41, 5.74) is 0.144. The Kier molecular flexibility index (Phi) is 3.32. The maximum Gasteiger partial charge on any atom is 0.325 e. The molecule has 0 radical (unpaired) electrons. The molecule has 1 N–H and O–H groups in total. The number of amides is 2. The fourth-order valence-electron chi connectivity index (χ4n) is 3.36. The van der Waals surface area contributed by atoms with Crippen molar-refractivity contribution in [3.05, 3.63) is 58.1 Å². The molecule has 24 heavy (non-hydrogen) atoms. The van der Waals surface area contributed by atoms with Gasteiger partial charge in [-0.1, -0.05) is 15.9 Å². The Bertz CT molecular complexity index is 860. The van der Waals surface area contributed by atoms with E-state index in [-0.39, 0.29) is 11.7 Å². The smallest absolute Gasteiger partial charge is 0.325 e. The molecule has 1 fully saturated rings. The topological polar surface area (TPSA) is 41.6 Å². The zero-order chi connectivity index (χ0) is 17.1. The van der Waals surface area contributed by atoms with E-state index in [1.807, 2.05) is 18.2 Å². The van der Waals surface area contributed by atoms with Gasteiger partial charge in [-0.15, -0.1) is 0 Å². The van der Waals surface area contributed by atoms with E-state index in [0.29, 0.717) is 12.2 Å². The summed E-state index contributed by atoms with van der Waals surface area (Å²) in [6.45, 7) is 1.77. The van der Waals surface area contributed by atoms with E-state index < -0.39 is 23.4 Å². The third kappa shape index (κ3) is 2.26. The first-order valence-electron chi connectivity index (χ1n) is 7.42. The van der Waals surface area contributed by atoms with Crippen molar-refractivity contribution >= 4 is 27.6 Å². The van der Waals surface area contributed by atoms with Crippen LogP contribution in [-0.4, -0.2) is 11.8 Å². The van der Waals surface area contributed by atoms with Crippen molar-refractivity contribution in [3.8, 4) is 5.75 Å². The fourth-order valence-corrected chi connectivity index (χ4v) is 3.74. The van der Waals surface area contributed by atoms with Gasteiger partial charge in [0, 0.05) is 22.5 Å². The van der Waals surface area contributed by atoms with Crippen LogP contribution in [0.2, 0.25) is 0 Å². The number of benzene rings is 2. The lowest BCUT2D eigenvalue weighted by atomic mass is 9.90. The molecule has 2 amide bonds. The second-order valence-corrected chi connectivity index (χ2v) is 7.01. The molecule has 2 aliphatic heterocycles. The molecule has 1 saturated heterocycles. The molecule has 7 heteroatoms.